The molecule has 0 saturated carbocycles. The lowest BCUT2D eigenvalue weighted by atomic mass is 10.1. The van der Waals surface area contributed by atoms with Gasteiger partial charge in [0.1, 0.15) is 0 Å². The molecule has 1 heterocycles. The van der Waals surface area contributed by atoms with Crippen molar-refractivity contribution in [2.75, 3.05) is 0 Å². The zero-order valence-electron chi connectivity index (χ0n) is 5.53. The Hall–Kier alpha value is -0.830. The van der Waals surface area contributed by atoms with Crippen molar-refractivity contribution in [3.63, 3.8) is 0 Å². The van der Waals surface area contributed by atoms with Gasteiger partial charge in [0.15, 0.2) is 0 Å². The summed E-state index contributed by atoms with van der Waals surface area (Å²) in [5.41, 5.74) is 0. The van der Waals surface area contributed by atoms with Crippen LogP contribution >= 0.6 is 11.3 Å². The van der Waals surface area contributed by atoms with E-state index < -0.39 is 11.9 Å². The number of hydrogen-bond donors (Lipinski definition) is 0. The van der Waals surface area contributed by atoms with Crippen molar-refractivity contribution in [1.29, 1.82) is 0 Å². The van der Waals surface area contributed by atoms with Crippen LogP contribution < -0.4 is 0 Å². The maximum Gasteiger partial charge on any atom is 0.363 e. The molecule has 0 aliphatic carbocycles. The van der Waals surface area contributed by atoms with Crippen molar-refractivity contribution in [3.8, 4) is 0 Å². The van der Waals surface area contributed by atoms with Gasteiger partial charge in [-0.25, -0.2) is 9.90 Å². The Kier molecular flexibility index (Phi) is 2.06. The van der Waals surface area contributed by atoms with E-state index in [4.69, 9.17) is 0 Å². The van der Waals surface area contributed by atoms with Crippen LogP contribution in [0, 0.1) is 0 Å². The Balaban J connectivity index is 2.77. The molecule has 0 aromatic carbocycles. The van der Waals surface area contributed by atoms with Gasteiger partial charge in [0.2, 0.25) is 0 Å². The van der Waals surface area contributed by atoms with Crippen LogP contribution in [0.4, 0.5) is 0 Å². The van der Waals surface area contributed by atoms with Gasteiger partial charge in [-0.3, -0.25) is 0 Å². The van der Waals surface area contributed by atoms with Gasteiger partial charge in [-0.2, -0.15) is 0 Å². The standard InChI is InChI=1S/C7H7O2S/c1-5(7(8)9)6-3-2-4-10-6/h2-5H,1H3. The van der Waals surface area contributed by atoms with Crippen LogP contribution in [0.25, 0.3) is 0 Å². The van der Waals surface area contributed by atoms with Crippen LogP contribution in [0.5, 0.6) is 0 Å². The first-order valence-electron chi connectivity index (χ1n) is 2.96. The Morgan fingerprint density at radius 3 is 2.80 bits per heavy atom. The average molecular weight is 155 g/mol. The molecular formula is C7H7O2S. The molecule has 0 N–H and O–H groups in total. The first-order valence-corrected chi connectivity index (χ1v) is 3.84. The first-order chi connectivity index (χ1) is 4.72. The third-order valence-corrected chi connectivity index (χ3v) is 2.38. The zero-order chi connectivity index (χ0) is 7.56. The number of carbonyl (C=O) groups is 1. The van der Waals surface area contributed by atoms with Gasteiger partial charge in [-0.1, -0.05) is 6.07 Å². The minimum absolute atomic E-state index is 0.472. The van der Waals surface area contributed by atoms with Crippen molar-refractivity contribution in [1.82, 2.24) is 0 Å². The molecule has 0 fully saturated rings. The van der Waals surface area contributed by atoms with Gasteiger partial charge in [0, 0.05) is 4.88 Å². The van der Waals surface area contributed by atoms with Crippen LogP contribution in [-0.2, 0) is 9.90 Å². The average Bonchev–Trinajstić information content (AvgIpc) is 2.36. The molecule has 53 valence electrons. The molecule has 1 aromatic rings. The van der Waals surface area contributed by atoms with Gasteiger partial charge in [0.25, 0.3) is 0 Å². The molecular weight excluding hydrogens is 148 g/mol. The first kappa shape index (κ1) is 7.28. The van der Waals surface area contributed by atoms with E-state index in [1.54, 1.807) is 13.0 Å². The van der Waals surface area contributed by atoms with Crippen LogP contribution in [0.3, 0.4) is 0 Å². The Morgan fingerprint density at radius 1 is 1.70 bits per heavy atom. The zero-order valence-corrected chi connectivity index (χ0v) is 6.35. The normalized spacial score (nSPS) is 12.9. The van der Waals surface area contributed by atoms with Crippen LogP contribution in [0.1, 0.15) is 17.7 Å². The Bertz CT molecular complexity index is 216. The van der Waals surface area contributed by atoms with Gasteiger partial charge < -0.3 is 0 Å². The van der Waals surface area contributed by atoms with E-state index in [9.17, 15) is 9.90 Å². The van der Waals surface area contributed by atoms with E-state index in [-0.39, 0.29) is 0 Å². The summed E-state index contributed by atoms with van der Waals surface area (Å²) in [6.45, 7) is 1.63. The molecule has 0 spiro atoms. The van der Waals surface area contributed by atoms with Gasteiger partial charge in [-0.15, -0.1) is 11.3 Å². The molecule has 1 aromatic heterocycles. The molecule has 10 heavy (non-hydrogen) atoms. The maximum atomic E-state index is 10.3. The summed E-state index contributed by atoms with van der Waals surface area (Å²) in [6.07, 6.45) is 0. The highest BCUT2D eigenvalue weighted by Gasteiger charge is 2.15. The van der Waals surface area contributed by atoms with Gasteiger partial charge in [0.05, 0.1) is 5.92 Å². The third kappa shape index (κ3) is 1.36. The molecule has 0 aliphatic rings. The highest BCUT2D eigenvalue weighted by molar-refractivity contribution is 7.10. The SMILES string of the molecule is CC(C([O])=O)c1cccs1. The fraction of sp³-hybridized carbons (Fsp3) is 0.286. The summed E-state index contributed by atoms with van der Waals surface area (Å²) in [5.74, 6) is -1.48. The molecule has 1 rings (SSSR count). The second kappa shape index (κ2) is 2.84. The van der Waals surface area contributed by atoms with Crippen molar-refractivity contribution in [2.24, 2.45) is 0 Å². The van der Waals surface area contributed by atoms with Gasteiger partial charge in [-0.05, 0) is 18.4 Å². The molecule has 1 unspecified atom stereocenters. The molecule has 0 saturated heterocycles. The van der Waals surface area contributed by atoms with Crippen LogP contribution in [0.2, 0.25) is 0 Å². The van der Waals surface area contributed by atoms with E-state index in [0.29, 0.717) is 0 Å². The number of rotatable bonds is 2. The molecule has 2 nitrogen and oxygen atoms in total. The van der Waals surface area contributed by atoms with E-state index in [1.807, 2.05) is 11.4 Å². The fourth-order valence-electron chi connectivity index (χ4n) is 0.654. The van der Waals surface area contributed by atoms with Gasteiger partial charge >= 0.3 is 5.97 Å². The van der Waals surface area contributed by atoms with E-state index in [0.717, 1.165) is 4.88 Å². The summed E-state index contributed by atoms with van der Waals surface area (Å²) in [4.78, 5) is 11.1. The summed E-state index contributed by atoms with van der Waals surface area (Å²) in [6, 6.07) is 3.63. The number of carbonyl (C=O) groups excluding carboxylic acids is 1. The summed E-state index contributed by atoms with van der Waals surface area (Å²) >= 11 is 1.44. The fourth-order valence-corrected chi connectivity index (χ4v) is 1.43. The largest absolute Gasteiger partial charge is 0.363 e. The predicted molar refractivity (Wildman–Crippen MR) is 38.4 cm³/mol. The van der Waals surface area contributed by atoms with Crippen molar-refractivity contribution in [2.45, 2.75) is 12.8 Å². The van der Waals surface area contributed by atoms with Crippen molar-refractivity contribution in [3.05, 3.63) is 22.4 Å². The minimum atomic E-state index is -1.01. The lowest BCUT2D eigenvalue weighted by molar-refractivity contribution is -0.144. The number of hydrogen-bond acceptors (Lipinski definition) is 2. The molecule has 1 radical (unpaired) electrons. The highest BCUT2D eigenvalue weighted by atomic mass is 32.1. The molecule has 0 amide bonds. The van der Waals surface area contributed by atoms with E-state index >= 15 is 0 Å². The molecule has 0 bridgehead atoms. The third-order valence-electron chi connectivity index (χ3n) is 1.32. The summed E-state index contributed by atoms with van der Waals surface area (Å²) < 4.78 is 0. The topological polar surface area (TPSA) is 37.0 Å². The van der Waals surface area contributed by atoms with Crippen LogP contribution in [-0.4, -0.2) is 5.97 Å². The Labute approximate surface area is 63.1 Å². The van der Waals surface area contributed by atoms with E-state index in [1.165, 1.54) is 11.3 Å². The van der Waals surface area contributed by atoms with Crippen molar-refractivity contribution >= 4 is 17.3 Å². The lowest BCUT2D eigenvalue weighted by Gasteiger charge is -1.97. The minimum Gasteiger partial charge on any atom is -0.247 e. The smallest absolute Gasteiger partial charge is 0.247 e. The second-order valence-corrected chi connectivity index (χ2v) is 3.04. The second-order valence-electron chi connectivity index (χ2n) is 2.06. The van der Waals surface area contributed by atoms with E-state index in [2.05, 4.69) is 0 Å². The highest BCUT2D eigenvalue weighted by Crippen LogP contribution is 2.20. The molecule has 0 aliphatic heterocycles. The monoisotopic (exact) mass is 155 g/mol. The summed E-state index contributed by atoms with van der Waals surface area (Å²) in [5, 5.41) is 12.1. The number of thiophene rings is 1. The predicted octanol–water partition coefficient (Wildman–Crippen LogP) is 1.81. The lowest BCUT2D eigenvalue weighted by Crippen LogP contribution is -2.03. The van der Waals surface area contributed by atoms with Crippen molar-refractivity contribution < 1.29 is 9.90 Å². The maximum absolute atomic E-state index is 10.3. The molecule has 1 atom stereocenters. The quantitative estimate of drug-likeness (QED) is 0.641. The molecule has 3 heteroatoms. The van der Waals surface area contributed by atoms with Crippen LogP contribution in [0.15, 0.2) is 17.5 Å². The summed E-state index contributed by atoms with van der Waals surface area (Å²) in [7, 11) is 0. The Morgan fingerprint density at radius 2 is 2.40 bits per heavy atom.